The number of pyridine rings is 1. The minimum absolute atomic E-state index is 0.336. The van der Waals surface area contributed by atoms with Crippen molar-refractivity contribution in [3.05, 3.63) is 71.7 Å². The second-order valence-corrected chi connectivity index (χ2v) is 5.59. The van der Waals surface area contributed by atoms with Gasteiger partial charge in [-0.1, -0.05) is 31.2 Å². The first-order valence-electron chi connectivity index (χ1n) is 8.07. The lowest BCUT2D eigenvalue weighted by Gasteiger charge is -2.01. The first kappa shape index (κ1) is 16.6. The summed E-state index contributed by atoms with van der Waals surface area (Å²) in [6, 6.07) is 13.5. The Labute approximate surface area is 146 Å². The number of hydrogen-bond acceptors (Lipinski definition) is 4. The van der Waals surface area contributed by atoms with Crippen molar-refractivity contribution in [1.29, 1.82) is 0 Å². The molecule has 1 aromatic carbocycles. The van der Waals surface area contributed by atoms with Crippen LogP contribution in [0.5, 0.6) is 0 Å². The highest BCUT2D eigenvalue weighted by Crippen LogP contribution is 2.18. The molecule has 0 unspecified atom stereocenters. The van der Waals surface area contributed by atoms with E-state index in [0.29, 0.717) is 11.4 Å². The van der Waals surface area contributed by atoms with E-state index in [0.717, 1.165) is 23.2 Å². The lowest BCUT2D eigenvalue weighted by atomic mass is 10.1. The third-order valence-corrected chi connectivity index (χ3v) is 3.90. The van der Waals surface area contributed by atoms with Crippen LogP contribution in [-0.4, -0.2) is 26.8 Å². The van der Waals surface area contributed by atoms with E-state index in [4.69, 9.17) is 0 Å². The maximum absolute atomic E-state index is 12.2. The summed E-state index contributed by atoms with van der Waals surface area (Å²) < 4.78 is 0. The fourth-order valence-corrected chi connectivity index (χ4v) is 2.35. The van der Waals surface area contributed by atoms with E-state index in [1.165, 1.54) is 5.56 Å². The Bertz CT molecular complexity index is 882. The second kappa shape index (κ2) is 7.53. The summed E-state index contributed by atoms with van der Waals surface area (Å²) in [6.45, 7) is 3.93. The van der Waals surface area contributed by atoms with Gasteiger partial charge in [-0.05, 0) is 37.1 Å². The average molecular weight is 333 g/mol. The Balaban J connectivity index is 1.70. The summed E-state index contributed by atoms with van der Waals surface area (Å²) in [5.74, 6) is -0.336. The molecule has 126 valence electrons. The molecule has 3 rings (SSSR count). The molecule has 0 saturated heterocycles. The van der Waals surface area contributed by atoms with Crippen molar-refractivity contribution >= 4 is 11.6 Å². The SMILES string of the molecule is CCc1ccc(-c2cc(C(=O)N/N=C(\C)c3ccncc3)[nH]n2)cc1. The minimum atomic E-state index is -0.336. The Morgan fingerprint density at radius 1 is 1.16 bits per heavy atom. The Hall–Kier alpha value is -3.28. The van der Waals surface area contributed by atoms with E-state index in [2.05, 4.69) is 44.8 Å². The monoisotopic (exact) mass is 333 g/mol. The molecule has 0 fully saturated rings. The number of benzene rings is 1. The molecular formula is C19H19N5O. The molecule has 2 heterocycles. The predicted octanol–water partition coefficient (Wildman–Crippen LogP) is 3.19. The molecule has 6 nitrogen and oxygen atoms in total. The first-order chi connectivity index (χ1) is 12.2. The number of H-pyrrole nitrogens is 1. The third-order valence-electron chi connectivity index (χ3n) is 3.90. The molecule has 0 saturated carbocycles. The third kappa shape index (κ3) is 3.98. The van der Waals surface area contributed by atoms with E-state index in [9.17, 15) is 4.79 Å². The van der Waals surface area contributed by atoms with Gasteiger partial charge in [0.2, 0.25) is 0 Å². The van der Waals surface area contributed by atoms with Gasteiger partial charge in [0.05, 0.1) is 11.4 Å². The van der Waals surface area contributed by atoms with Gasteiger partial charge < -0.3 is 0 Å². The molecule has 25 heavy (non-hydrogen) atoms. The fraction of sp³-hybridized carbons (Fsp3) is 0.158. The van der Waals surface area contributed by atoms with E-state index >= 15 is 0 Å². The first-order valence-corrected chi connectivity index (χ1v) is 8.07. The lowest BCUT2D eigenvalue weighted by molar-refractivity contribution is 0.0950. The molecule has 0 bridgehead atoms. The molecule has 0 spiro atoms. The minimum Gasteiger partial charge on any atom is -0.272 e. The van der Waals surface area contributed by atoms with Crippen LogP contribution in [0, 0.1) is 0 Å². The summed E-state index contributed by atoms with van der Waals surface area (Å²) in [5.41, 5.74) is 7.45. The summed E-state index contributed by atoms with van der Waals surface area (Å²) >= 11 is 0. The number of aromatic nitrogens is 3. The highest BCUT2D eigenvalue weighted by atomic mass is 16.2. The van der Waals surface area contributed by atoms with Crippen LogP contribution in [0.1, 0.15) is 35.5 Å². The van der Waals surface area contributed by atoms with Crippen LogP contribution in [0.2, 0.25) is 0 Å². The van der Waals surface area contributed by atoms with Gasteiger partial charge in [0, 0.05) is 23.5 Å². The van der Waals surface area contributed by atoms with Crippen molar-refractivity contribution in [2.75, 3.05) is 0 Å². The van der Waals surface area contributed by atoms with Crippen LogP contribution in [-0.2, 0) is 6.42 Å². The molecule has 2 aromatic heterocycles. The zero-order chi connectivity index (χ0) is 17.6. The van der Waals surface area contributed by atoms with E-state index in [1.54, 1.807) is 18.5 Å². The number of hydrogen-bond donors (Lipinski definition) is 2. The zero-order valence-electron chi connectivity index (χ0n) is 14.2. The van der Waals surface area contributed by atoms with Crippen molar-refractivity contribution in [2.24, 2.45) is 5.10 Å². The van der Waals surface area contributed by atoms with Crippen LogP contribution < -0.4 is 5.43 Å². The van der Waals surface area contributed by atoms with Gasteiger partial charge in [0.25, 0.3) is 5.91 Å². The van der Waals surface area contributed by atoms with Crippen molar-refractivity contribution < 1.29 is 4.79 Å². The van der Waals surface area contributed by atoms with Crippen LogP contribution in [0.15, 0.2) is 60.0 Å². The van der Waals surface area contributed by atoms with Gasteiger partial charge in [0.1, 0.15) is 5.69 Å². The van der Waals surface area contributed by atoms with Crippen LogP contribution in [0.3, 0.4) is 0 Å². The molecule has 0 radical (unpaired) electrons. The molecule has 0 aliphatic heterocycles. The van der Waals surface area contributed by atoms with Crippen molar-refractivity contribution in [3.8, 4) is 11.3 Å². The van der Waals surface area contributed by atoms with E-state index in [-0.39, 0.29) is 5.91 Å². The van der Waals surface area contributed by atoms with Gasteiger partial charge in [0.15, 0.2) is 0 Å². The molecule has 2 N–H and O–H groups in total. The Kier molecular flexibility index (Phi) is 4.99. The number of aromatic amines is 1. The summed E-state index contributed by atoms with van der Waals surface area (Å²) in [4.78, 5) is 16.2. The lowest BCUT2D eigenvalue weighted by Crippen LogP contribution is -2.19. The highest BCUT2D eigenvalue weighted by molar-refractivity contribution is 6.00. The molecule has 1 amide bonds. The highest BCUT2D eigenvalue weighted by Gasteiger charge is 2.10. The molecule has 3 aromatic rings. The van der Waals surface area contributed by atoms with Crippen molar-refractivity contribution in [2.45, 2.75) is 20.3 Å². The zero-order valence-corrected chi connectivity index (χ0v) is 14.2. The van der Waals surface area contributed by atoms with Gasteiger partial charge >= 0.3 is 0 Å². The van der Waals surface area contributed by atoms with E-state index in [1.807, 2.05) is 31.2 Å². The molecular weight excluding hydrogens is 314 g/mol. The number of amides is 1. The fourth-order valence-electron chi connectivity index (χ4n) is 2.35. The van der Waals surface area contributed by atoms with Gasteiger partial charge in [-0.3, -0.25) is 14.9 Å². The van der Waals surface area contributed by atoms with E-state index < -0.39 is 0 Å². The molecule has 6 heteroatoms. The smallest absolute Gasteiger partial charge is 0.272 e. The standard InChI is InChI=1S/C19H19N5O/c1-3-14-4-6-16(7-5-14)17-12-18(23-22-17)19(25)24-21-13(2)15-8-10-20-11-9-15/h4-12H,3H2,1-2H3,(H,22,23)(H,24,25)/b21-13+. The topological polar surface area (TPSA) is 83.0 Å². The number of aryl methyl sites for hydroxylation is 1. The molecule has 0 aliphatic rings. The quantitative estimate of drug-likeness (QED) is 0.555. The predicted molar refractivity (Wildman–Crippen MR) is 97.3 cm³/mol. The maximum atomic E-state index is 12.2. The summed E-state index contributed by atoms with van der Waals surface area (Å²) in [6.07, 6.45) is 4.35. The van der Waals surface area contributed by atoms with Crippen LogP contribution in [0.4, 0.5) is 0 Å². The van der Waals surface area contributed by atoms with Gasteiger partial charge in [-0.25, -0.2) is 5.43 Å². The normalized spacial score (nSPS) is 11.4. The molecule has 0 atom stereocenters. The Morgan fingerprint density at radius 3 is 2.56 bits per heavy atom. The van der Waals surface area contributed by atoms with Crippen molar-refractivity contribution in [3.63, 3.8) is 0 Å². The number of rotatable bonds is 5. The number of carbonyl (C=O) groups excluding carboxylic acids is 1. The van der Waals surface area contributed by atoms with Gasteiger partial charge in [-0.2, -0.15) is 10.2 Å². The molecule has 0 aliphatic carbocycles. The largest absolute Gasteiger partial charge is 0.289 e. The maximum Gasteiger partial charge on any atom is 0.289 e. The van der Waals surface area contributed by atoms with Gasteiger partial charge in [-0.15, -0.1) is 0 Å². The second-order valence-electron chi connectivity index (χ2n) is 5.59. The summed E-state index contributed by atoms with van der Waals surface area (Å²) in [5, 5.41) is 11.1. The number of nitrogens with one attached hydrogen (secondary N) is 2. The van der Waals surface area contributed by atoms with Crippen LogP contribution in [0.25, 0.3) is 11.3 Å². The van der Waals surface area contributed by atoms with Crippen molar-refractivity contribution in [1.82, 2.24) is 20.6 Å². The summed E-state index contributed by atoms with van der Waals surface area (Å²) in [7, 11) is 0. The number of nitrogens with zero attached hydrogens (tertiary/aromatic N) is 3. The average Bonchev–Trinajstić information content (AvgIpc) is 3.17. The number of carbonyl (C=O) groups is 1. The Morgan fingerprint density at radius 2 is 1.88 bits per heavy atom. The van der Waals surface area contributed by atoms with Crippen LogP contribution >= 0.6 is 0 Å². The number of hydrazone groups is 1.